The van der Waals surface area contributed by atoms with Crippen molar-refractivity contribution in [3.63, 3.8) is 0 Å². The zero-order valence-corrected chi connectivity index (χ0v) is 15.3. The van der Waals surface area contributed by atoms with Crippen molar-refractivity contribution in [3.05, 3.63) is 24.7 Å². The van der Waals surface area contributed by atoms with Crippen LogP contribution >= 0.6 is 0 Å². The Bertz CT molecular complexity index is 695. The van der Waals surface area contributed by atoms with Gasteiger partial charge in [-0.25, -0.2) is 15.0 Å². The molecule has 3 heterocycles. The molecule has 0 amide bonds. The van der Waals surface area contributed by atoms with Gasteiger partial charge in [0.05, 0.1) is 0 Å². The smallest absolute Gasteiger partial charge is 0.226 e. The molecule has 8 heteroatoms. The van der Waals surface area contributed by atoms with E-state index in [1.807, 2.05) is 56.3 Å². The zero-order valence-electron chi connectivity index (χ0n) is 15.3. The number of rotatable bonds is 5. The predicted octanol–water partition coefficient (Wildman–Crippen LogP) is 1.48. The average Bonchev–Trinajstić information content (AvgIpc) is 2.62. The van der Waals surface area contributed by atoms with Crippen LogP contribution < -0.4 is 20.0 Å². The molecule has 0 aliphatic carbocycles. The standard InChI is InChI=1S/C17H26N8/c1-23(2)16-11-14(19-12-20-16)21-13-6-9-25(10-7-13)15-5-8-18-17(22-15)24(3)4/h5,8,11-13H,6-7,9-10H2,1-4H3,(H,19,20,21). The van der Waals surface area contributed by atoms with E-state index in [-0.39, 0.29) is 0 Å². The van der Waals surface area contributed by atoms with Gasteiger partial charge in [0.1, 0.15) is 23.8 Å². The molecule has 2 aromatic heterocycles. The van der Waals surface area contributed by atoms with E-state index in [1.165, 1.54) is 0 Å². The van der Waals surface area contributed by atoms with E-state index >= 15 is 0 Å². The van der Waals surface area contributed by atoms with Crippen LogP contribution in [0.3, 0.4) is 0 Å². The predicted molar refractivity (Wildman–Crippen MR) is 102 cm³/mol. The highest BCUT2D eigenvalue weighted by Gasteiger charge is 2.21. The summed E-state index contributed by atoms with van der Waals surface area (Å²) in [6.45, 7) is 1.93. The first-order chi connectivity index (χ1) is 12.0. The lowest BCUT2D eigenvalue weighted by atomic mass is 10.1. The first kappa shape index (κ1) is 17.2. The van der Waals surface area contributed by atoms with Crippen LogP contribution in [0.4, 0.5) is 23.4 Å². The molecule has 3 rings (SSSR count). The second-order valence-corrected chi connectivity index (χ2v) is 6.67. The Morgan fingerprint density at radius 3 is 2.48 bits per heavy atom. The summed E-state index contributed by atoms with van der Waals surface area (Å²) in [5.41, 5.74) is 0. The molecular weight excluding hydrogens is 316 g/mol. The van der Waals surface area contributed by atoms with Gasteiger partial charge in [-0.1, -0.05) is 0 Å². The van der Waals surface area contributed by atoms with Crippen molar-refractivity contribution < 1.29 is 0 Å². The summed E-state index contributed by atoms with van der Waals surface area (Å²) >= 11 is 0. The maximum absolute atomic E-state index is 4.63. The van der Waals surface area contributed by atoms with Gasteiger partial charge < -0.3 is 20.0 Å². The number of anilines is 4. The Morgan fingerprint density at radius 1 is 1.04 bits per heavy atom. The fourth-order valence-corrected chi connectivity index (χ4v) is 2.86. The normalized spacial score (nSPS) is 15.1. The van der Waals surface area contributed by atoms with E-state index in [0.29, 0.717) is 6.04 Å². The molecule has 0 atom stereocenters. The van der Waals surface area contributed by atoms with Gasteiger partial charge in [-0.05, 0) is 18.9 Å². The highest BCUT2D eigenvalue weighted by atomic mass is 15.3. The first-order valence-electron chi connectivity index (χ1n) is 8.54. The SMILES string of the molecule is CN(C)c1cc(NC2CCN(c3ccnc(N(C)C)n3)CC2)ncn1. The molecule has 0 radical (unpaired) electrons. The minimum Gasteiger partial charge on any atom is -0.367 e. The third-order valence-electron chi connectivity index (χ3n) is 4.31. The molecule has 0 unspecified atom stereocenters. The molecule has 1 N–H and O–H groups in total. The van der Waals surface area contributed by atoms with Gasteiger partial charge in [-0.15, -0.1) is 0 Å². The molecule has 2 aromatic rings. The van der Waals surface area contributed by atoms with E-state index in [1.54, 1.807) is 6.33 Å². The number of hydrogen-bond donors (Lipinski definition) is 1. The molecule has 0 aromatic carbocycles. The van der Waals surface area contributed by atoms with E-state index in [9.17, 15) is 0 Å². The van der Waals surface area contributed by atoms with Crippen molar-refractivity contribution in [2.24, 2.45) is 0 Å². The Morgan fingerprint density at radius 2 is 1.80 bits per heavy atom. The molecule has 134 valence electrons. The molecule has 25 heavy (non-hydrogen) atoms. The third kappa shape index (κ3) is 4.26. The van der Waals surface area contributed by atoms with Gasteiger partial charge in [-0.2, -0.15) is 4.98 Å². The van der Waals surface area contributed by atoms with Crippen LogP contribution in [-0.4, -0.2) is 67.3 Å². The Labute approximate surface area is 148 Å². The summed E-state index contributed by atoms with van der Waals surface area (Å²) in [5, 5.41) is 3.53. The van der Waals surface area contributed by atoms with Gasteiger partial charge in [0.25, 0.3) is 0 Å². The minimum atomic E-state index is 0.413. The molecule has 1 saturated heterocycles. The molecule has 8 nitrogen and oxygen atoms in total. The molecule has 0 spiro atoms. The van der Waals surface area contributed by atoms with E-state index in [4.69, 9.17) is 0 Å². The molecule has 1 fully saturated rings. The summed E-state index contributed by atoms with van der Waals surface area (Å²) in [7, 11) is 7.88. The number of aromatic nitrogens is 4. The van der Waals surface area contributed by atoms with Gasteiger partial charge in [0.15, 0.2) is 0 Å². The third-order valence-corrected chi connectivity index (χ3v) is 4.31. The lowest BCUT2D eigenvalue weighted by molar-refractivity contribution is 0.522. The second kappa shape index (κ2) is 7.50. The summed E-state index contributed by atoms with van der Waals surface area (Å²) in [6, 6.07) is 4.38. The quantitative estimate of drug-likeness (QED) is 0.876. The number of hydrogen-bond acceptors (Lipinski definition) is 8. The van der Waals surface area contributed by atoms with Crippen LogP contribution in [0.25, 0.3) is 0 Å². The number of piperidine rings is 1. The molecule has 0 bridgehead atoms. The maximum atomic E-state index is 4.63. The maximum Gasteiger partial charge on any atom is 0.226 e. The van der Waals surface area contributed by atoms with Gasteiger partial charge in [0, 0.05) is 59.6 Å². The van der Waals surface area contributed by atoms with Gasteiger partial charge in [-0.3, -0.25) is 0 Å². The van der Waals surface area contributed by atoms with Crippen LogP contribution in [0, 0.1) is 0 Å². The Hall–Kier alpha value is -2.64. The van der Waals surface area contributed by atoms with Gasteiger partial charge >= 0.3 is 0 Å². The van der Waals surface area contributed by atoms with Crippen LogP contribution in [-0.2, 0) is 0 Å². The van der Waals surface area contributed by atoms with E-state index < -0.39 is 0 Å². The van der Waals surface area contributed by atoms with E-state index in [2.05, 4.69) is 30.2 Å². The summed E-state index contributed by atoms with van der Waals surface area (Å²) < 4.78 is 0. The largest absolute Gasteiger partial charge is 0.367 e. The summed E-state index contributed by atoms with van der Waals surface area (Å²) in [5.74, 6) is 3.53. The summed E-state index contributed by atoms with van der Waals surface area (Å²) in [4.78, 5) is 23.7. The lowest BCUT2D eigenvalue weighted by Gasteiger charge is -2.33. The zero-order chi connectivity index (χ0) is 17.8. The summed E-state index contributed by atoms with van der Waals surface area (Å²) in [6.07, 6.45) is 5.52. The topological polar surface area (TPSA) is 73.3 Å². The molecule has 1 aliphatic heterocycles. The van der Waals surface area contributed by atoms with Crippen molar-refractivity contribution in [2.75, 3.05) is 61.3 Å². The molecular formula is C17H26N8. The molecule has 0 saturated carbocycles. The van der Waals surface area contributed by atoms with Crippen LogP contribution in [0.2, 0.25) is 0 Å². The molecule has 1 aliphatic rings. The van der Waals surface area contributed by atoms with Crippen molar-refractivity contribution in [1.82, 2.24) is 19.9 Å². The first-order valence-corrected chi connectivity index (χ1v) is 8.54. The van der Waals surface area contributed by atoms with Gasteiger partial charge in [0.2, 0.25) is 5.95 Å². The lowest BCUT2D eigenvalue weighted by Crippen LogP contribution is -2.39. The number of nitrogens with zero attached hydrogens (tertiary/aromatic N) is 7. The van der Waals surface area contributed by atoms with Crippen molar-refractivity contribution in [3.8, 4) is 0 Å². The highest BCUT2D eigenvalue weighted by molar-refractivity contribution is 5.48. The van der Waals surface area contributed by atoms with Crippen molar-refractivity contribution in [1.29, 1.82) is 0 Å². The Kier molecular flexibility index (Phi) is 5.16. The van der Waals surface area contributed by atoms with Crippen LogP contribution in [0.1, 0.15) is 12.8 Å². The Balaban J connectivity index is 1.59. The second-order valence-electron chi connectivity index (χ2n) is 6.67. The average molecular weight is 342 g/mol. The van der Waals surface area contributed by atoms with Crippen LogP contribution in [0.5, 0.6) is 0 Å². The monoisotopic (exact) mass is 342 g/mol. The van der Waals surface area contributed by atoms with Crippen LogP contribution in [0.15, 0.2) is 24.7 Å². The number of nitrogens with one attached hydrogen (secondary N) is 1. The fourth-order valence-electron chi connectivity index (χ4n) is 2.86. The fraction of sp³-hybridized carbons (Fsp3) is 0.529. The minimum absolute atomic E-state index is 0.413. The van der Waals surface area contributed by atoms with Crippen molar-refractivity contribution >= 4 is 23.4 Å². The van der Waals surface area contributed by atoms with Crippen molar-refractivity contribution in [2.45, 2.75) is 18.9 Å². The van der Waals surface area contributed by atoms with E-state index in [0.717, 1.165) is 49.3 Å². The highest BCUT2D eigenvalue weighted by Crippen LogP contribution is 2.21.